The summed E-state index contributed by atoms with van der Waals surface area (Å²) in [5, 5.41) is 9.47. The summed E-state index contributed by atoms with van der Waals surface area (Å²) in [5.74, 6) is -1.83. The summed E-state index contributed by atoms with van der Waals surface area (Å²) in [6.45, 7) is 1.51. The zero-order valence-electron chi connectivity index (χ0n) is 19.7. The van der Waals surface area contributed by atoms with Gasteiger partial charge in [-0.15, -0.1) is 0 Å². The third-order valence-corrected chi connectivity index (χ3v) is 9.03. The van der Waals surface area contributed by atoms with Crippen LogP contribution in [0.2, 0.25) is 0 Å². The van der Waals surface area contributed by atoms with Crippen molar-refractivity contribution in [3.63, 3.8) is 0 Å². The predicted molar refractivity (Wildman–Crippen MR) is 132 cm³/mol. The number of hydrogen-bond donors (Lipinski definition) is 2. The van der Waals surface area contributed by atoms with E-state index in [1.807, 2.05) is 6.92 Å². The number of anilines is 1. The molecule has 3 aromatic rings. The summed E-state index contributed by atoms with van der Waals surface area (Å²) in [6, 6.07) is 12.5. The Bertz CT molecular complexity index is 1600. The van der Waals surface area contributed by atoms with Crippen LogP contribution < -0.4 is 17.9 Å². The quantitative estimate of drug-likeness (QED) is 0.301. The molecule has 12 nitrogen and oxygen atoms in total. The Morgan fingerprint density at radius 1 is 1.11 bits per heavy atom. The number of ether oxygens (including phenoxy) is 2. The third kappa shape index (κ3) is 5.16. The van der Waals surface area contributed by atoms with Gasteiger partial charge in [0.15, 0.2) is 5.75 Å². The summed E-state index contributed by atoms with van der Waals surface area (Å²) in [6.07, 6.45) is 0.630. The lowest BCUT2D eigenvalue weighted by atomic mass is 10.1. The van der Waals surface area contributed by atoms with Gasteiger partial charge in [0.05, 0.1) is 17.7 Å². The Kier molecular flexibility index (Phi) is 6.99. The monoisotopic (exact) mass is 549 g/mol. The number of sulfonamides is 1. The Hall–Kier alpha value is -3.88. The van der Waals surface area contributed by atoms with E-state index in [1.165, 1.54) is 49.6 Å². The first kappa shape index (κ1) is 26.2. The summed E-state index contributed by atoms with van der Waals surface area (Å²) in [4.78, 5) is 23.3. The van der Waals surface area contributed by atoms with Crippen molar-refractivity contribution in [1.82, 2.24) is 8.69 Å². The van der Waals surface area contributed by atoms with Gasteiger partial charge in [-0.25, -0.2) is 22.3 Å². The van der Waals surface area contributed by atoms with Gasteiger partial charge in [-0.05, 0) is 48.4 Å². The Morgan fingerprint density at radius 3 is 2.54 bits per heavy atom. The number of nitrogens with zero attached hydrogens (tertiary/aromatic N) is 2. The molecule has 4 rings (SSSR count). The minimum absolute atomic E-state index is 0.0399. The van der Waals surface area contributed by atoms with Crippen molar-refractivity contribution in [1.29, 1.82) is 0 Å². The van der Waals surface area contributed by atoms with Crippen LogP contribution in [0.25, 0.3) is 11.3 Å². The Morgan fingerprint density at radius 2 is 1.86 bits per heavy atom. The van der Waals surface area contributed by atoms with Gasteiger partial charge in [0.25, 0.3) is 10.0 Å². The van der Waals surface area contributed by atoms with Crippen molar-refractivity contribution >= 4 is 37.9 Å². The smallest absolute Gasteiger partial charge is 0.352 e. The van der Waals surface area contributed by atoms with E-state index in [4.69, 9.17) is 9.47 Å². The molecule has 0 saturated carbocycles. The van der Waals surface area contributed by atoms with Gasteiger partial charge in [-0.3, -0.25) is 0 Å². The lowest BCUT2D eigenvalue weighted by Crippen LogP contribution is -2.48. The highest BCUT2D eigenvalue weighted by atomic mass is 32.3. The van der Waals surface area contributed by atoms with Crippen LogP contribution in [0, 0.1) is 0 Å². The number of carbonyl (C=O) groups excluding carboxylic acids is 1. The summed E-state index contributed by atoms with van der Waals surface area (Å²) in [7, 11) is -8.05. The lowest BCUT2D eigenvalue weighted by molar-refractivity contribution is -0.133. The molecule has 0 fully saturated rings. The van der Waals surface area contributed by atoms with Crippen LogP contribution >= 0.6 is 0 Å². The highest BCUT2D eigenvalue weighted by Gasteiger charge is 2.36. The number of carboxylic acid groups (broad SMARTS) is 1. The molecule has 0 aliphatic carbocycles. The lowest BCUT2D eigenvalue weighted by Gasteiger charge is -2.29. The van der Waals surface area contributed by atoms with Crippen molar-refractivity contribution < 1.29 is 41.0 Å². The molecule has 14 heteroatoms. The first-order valence-corrected chi connectivity index (χ1v) is 13.9. The zero-order chi connectivity index (χ0) is 27.0. The molecule has 0 radical (unpaired) electrons. The van der Waals surface area contributed by atoms with E-state index < -0.39 is 38.7 Å². The number of fused-ring (bicyclic) bond motifs is 1. The van der Waals surface area contributed by atoms with Gasteiger partial charge < -0.3 is 19.1 Å². The van der Waals surface area contributed by atoms with Crippen LogP contribution in [-0.4, -0.2) is 52.1 Å². The zero-order valence-corrected chi connectivity index (χ0v) is 21.4. The molecule has 1 aromatic heterocycles. The molecule has 0 spiro atoms. The molecular formula is C23H23N3O9S2. The average Bonchev–Trinajstić information content (AvgIpc) is 3.26. The van der Waals surface area contributed by atoms with Gasteiger partial charge >= 0.3 is 22.1 Å². The van der Waals surface area contributed by atoms with Gasteiger partial charge in [0.2, 0.25) is 0 Å². The first-order valence-electron chi connectivity index (χ1n) is 10.9. The SMILES string of the molecule is CCCn1c(C(=O)O)ccc1-c1cccc(S(=O)(=O)NS(=O)(=O)N2CC(=O)Oc3cc(OC)ccc32)c1. The average molecular weight is 550 g/mol. The standard InChI is InChI=1S/C23H23N3O9S2/c1-3-11-25-18(9-10-20(25)23(28)29)15-5-4-6-17(12-15)36(30,31)24-37(32,33)26-14-22(27)35-21-13-16(34-2)7-8-19(21)26/h4-10,12-13,24H,3,11,14H2,1-2H3,(H,28,29). The molecule has 196 valence electrons. The molecule has 37 heavy (non-hydrogen) atoms. The second-order valence-corrected chi connectivity index (χ2v) is 11.5. The minimum Gasteiger partial charge on any atom is -0.497 e. The van der Waals surface area contributed by atoms with E-state index in [1.54, 1.807) is 20.8 Å². The second kappa shape index (κ2) is 9.88. The van der Waals surface area contributed by atoms with E-state index in [0.29, 0.717) is 34.3 Å². The first-order chi connectivity index (χ1) is 17.5. The normalized spacial score (nSPS) is 13.7. The van der Waals surface area contributed by atoms with Crippen molar-refractivity contribution in [2.24, 2.45) is 0 Å². The predicted octanol–water partition coefficient (Wildman–Crippen LogP) is 2.22. The molecule has 1 aliphatic rings. The van der Waals surface area contributed by atoms with Crippen LogP contribution in [0.4, 0.5) is 5.69 Å². The van der Waals surface area contributed by atoms with Crippen LogP contribution in [0.5, 0.6) is 11.5 Å². The third-order valence-electron chi connectivity index (χ3n) is 5.52. The fourth-order valence-electron chi connectivity index (χ4n) is 3.91. The fourth-order valence-corrected chi connectivity index (χ4v) is 6.99. The minimum atomic E-state index is -4.79. The van der Waals surface area contributed by atoms with E-state index >= 15 is 0 Å². The van der Waals surface area contributed by atoms with Crippen LogP contribution in [-0.2, 0) is 31.6 Å². The fraction of sp³-hybridized carbons (Fsp3) is 0.217. The summed E-state index contributed by atoms with van der Waals surface area (Å²) < 4.78 is 66.5. The van der Waals surface area contributed by atoms with Crippen molar-refractivity contribution in [3.05, 3.63) is 60.3 Å². The van der Waals surface area contributed by atoms with Crippen LogP contribution in [0.1, 0.15) is 23.8 Å². The second-order valence-electron chi connectivity index (χ2n) is 7.99. The molecule has 1 aliphatic heterocycles. The molecule has 0 unspecified atom stereocenters. The molecule has 0 saturated heterocycles. The van der Waals surface area contributed by atoms with Gasteiger partial charge in [-0.2, -0.15) is 8.42 Å². The number of benzene rings is 2. The van der Waals surface area contributed by atoms with E-state index in [0.717, 1.165) is 0 Å². The number of aromatic nitrogens is 1. The van der Waals surface area contributed by atoms with E-state index in [2.05, 4.69) is 0 Å². The number of carboxylic acids is 1. The summed E-state index contributed by atoms with van der Waals surface area (Å²) in [5.41, 5.74) is 0.828. The number of methoxy groups -OCH3 is 1. The number of hydrogen-bond acceptors (Lipinski definition) is 8. The topological polar surface area (TPSA) is 161 Å². The van der Waals surface area contributed by atoms with Crippen LogP contribution in [0.3, 0.4) is 0 Å². The largest absolute Gasteiger partial charge is 0.497 e. The number of esters is 1. The molecule has 0 amide bonds. The highest BCUT2D eigenvalue weighted by molar-refractivity contribution is 8.05. The Balaban J connectivity index is 1.69. The molecule has 2 aromatic carbocycles. The molecule has 0 bridgehead atoms. The van der Waals surface area contributed by atoms with Gasteiger partial charge in [0, 0.05) is 18.3 Å². The van der Waals surface area contributed by atoms with Crippen molar-refractivity contribution in [2.75, 3.05) is 18.0 Å². The van der Waals surface area contributed by atoms with Gasteiger partial charge in [-0.1, -0.05) is 23.2 Å². The maximum absolute atomic E-state index is 13.1. The number of rotatable bonds is 9. The number of nitrogens with one attached hydrogen (secondary N) is 1. The van der Waals surface area contributed by atoms with E-state index in [9.17, 15) is 31.5 Å². The number of carbonyl (C=O) groups is 2. The van der Waals surface area contributed by atoms with Crippen LogP contribution in [0.15, 0.2) is 59.5 Å². The maximum Gasteiger partial charge on any atom is 0.352 e. The van der Waals surface area contributed by atoms with Crippen molar-refractivity contribution in [2.45, 2.75) is 24.8 Å². The molecule has 2 heterocycles. The molecule has 2 N–H and O–H groups in total. The number of aromatic carboxylic acids is 1. The maximum atomic E-state index is 13.1. The highest BCUT2D eigenvalue weighted by Crippen LogP contribution is 2.36. The Labute approximate surface area is 213 Å². The van der Waals surface area contributed by atoms with Gasteiger partial charge in [0.1, 0.15) is 18.0 Å². The van der Waals surface area contributed by atoms with E-state index in [-0.39, 0.29) is 22.0 Å². The van der Waals surface area contributed by atoms with Crippen molar-refractivity contribution in [3.8, 4) is 22.8 Å². The molecule has 0 atom stereocenters. The molecular weight excluding hydrogens is 526 g/mol. The summed E-state index contributed by atoms with van der Waals surface area (Å²) >= 11 is 0.